The van der Waals surface area contributed by atoms with Crippen molar-refractivity contribution in [1.82, 2.24) is 15.4 Å². The first-order chi connectivity index (χ1) is 12.1. The van der Waals surface area contributed by atoms with Crippen LogP contribution in [-0.2, 0) is 11.2 Å². The fourth-order valence-corrected chi connectivity index (χ4v) is 2.88. The van der Waals surface area contributed by atoms with Gasteiger partial charge in [-0.05, 0) is 19.9 Å². The molecule has 1 unspecified atom stereocenters. The molecule has 0 aliphatic carbocycles. The average molecular weight is 343 g/mol. The molecule has 5 heteroatoms. The van der Waals surface area contributed by atoms with E-state index < -0.39 is 0 Å². The zero-order valence-electron chi connectivity index (χ0n) is 15.5. The van der Waals surface area contributed by atoms with E-state index in [-0.39, 0.29) is 11.8 Å². The van der Waals surface area contributed by atoms with Crippen LogP contribution >= 0.6 is 0 Å². The Hall–Kier alpha value is -2.14. The Labute approximate surface area is 150 Å². The minimum absolute atomic E-state index is 0.0283. The first-order valence-corrected chi connectivity index (χ1v) is 9.02. The van der Waals surface area contributed by atoms with E-state index in [2.05, 4.69) is 10.5 Å². The van der Waals surface area contributed by atoms with Crippen molar-refractivity contribution < 1.29 is 9.32 Å². The molecule has 0 radical (unpaired) electrons. The van der Waals surface area contributed by atoms with Gasteiger partial charge >= 0.3 is 0 Å². The maximum atomic E-state index is 12.1. The monoisotopic (exact) mass is 343 g/mol. The van der Waals surface area contributed by atoms with Crippen molar-refractivity contribution in [3.63, 3.8) is 0 Å². The van der Waals surface area contributed by atoms with E-state index in [1.807, 2.05) is 62.3 Å². The van der Waals surface area contributed by atoms with Gasteiger partial charge in [0.15, 0.2) is 0 Å². The molecule has 1 aromatic carbocycles. The minimum Gasteiger partial charge on any atom is -0.361 e. The Morgan fingerprint density at radius 2 is 2.00 bits per heavy atom. The van der Waals surface area contributed by atoms with Gasteiger partial charge in [-0.15, -0.1) is 0 Å². The summed E-state index contributed by atoms with van der Waals surface area (Å²) >= 11 is 0. The molecule has 1 atom stereocenters. The number of rotatable bonds is 10. The number of nitrogens with one attached hydrogen (secondary N) is 1. The van der Waals surface area contributed by atoms with Gasteiger partial charge in [0.1, 0.15) is 11.5 Å². The van der Waals surface area contributed by atoms with Crippen molar-refractivity contribution in [3.8, 4) is 11.3 Å². The first-order valence-electron chi connectivity index (χ1n) is 9.02. The van der Waals surface area contributed by atoms with Crippen LogP contribution in [0.2, 0.25) is 0 Å². The Kier molecular flexibility index (Phi) is 7.67. The van der Waals surface area contributed by atoms with Crippen LogP contribution in [0, 0.1) is 5.92 Å². The number of amides is 1. The highest BCUT2D eigenvalue weighted by Crippen LogP contribution is 2.19. The van der Waals surface area contributed by atoms with Gasteiger partial charge in [-0.1, -0.05) is 48.8 Å². The van der Waals surface area contributed by atoms with Crippen LogP contribution in [0.15, 0.2) is 40.9 Å². The van der Waals surface area contributed by atoms with Crippen molar-refractivity contribution in [2.45, 2.75) is 32.6 Å². The molecule has 0 aliphatic rings. The molecule has 5 nitrogen and oxygen atoms in total. The normalized spacial score (nSPS) is 12.1. The van der Waals surface area contributed by atoms with E-state index in [1.54, 1.807) is 0 Å². The second-order valence-electron chi connectivity index (χ2n) is 6.57. The molecule has 1 N–H and O–H groups in total. The zero-order valence-corrected chi connectivity index (χ0v) is 15.5. The highest BCUT2D eigenvalue weighted by molar-refractivity contribution is 5.78. The smallest absolute Gasteiger partial charge is 0.226 e. The minimum atomic E-state index is 0.0283. The van der Waals surface area contributed by atoms with Crippen molar-refractivity contribution in [3.05, 3.63) is 42.2 Å². The van der Waals surface area contributed by atoms with Gasteiger partial charge in [-0.2, -0.15) is 0 Å². The van der Waals surface area contributed by atoms with E-state index in [0.29, 0.717) is 0 Å². The third-order valence-corrected chi connectivity index (χ3v) is 4.35. The number of carbonyl (C=O) groups is 1. The SMILES string of the molecule is CNCC(C)C(=O)N(C)CCCCCc1cc(-c2ccccc2)no1. The molecule has 25 heavy (non-hydrogen) atoms. The predicted octanol–water partition coefficient (Wildman–Crippen LogP) is 3.37. The lowest BCUT2D eigenvalue weighted by Gasteiger charge is -2.21. The number of unbranched alkanes of at least 4 members (excludes halogenated alkanes) is 2. The number of hydrogen-bond acceptors (Lipinski definition) is 4. The van der Waals surface area contributed by atoms with Crippen molar-refractivity contribution in [2.24, 2.45) is 5.92 Å². The third kappa shape index (κ3) is 6.02. The van der Waals surface area contributed by atoms with Crippen LogP contribution < -0.4 is 5.32 Å². The summed E-state index contributed by atoms with van der Waals surface area (Å²) in [5.41, 5.74) is 1.97. The first kappa shape index (κ1) is 19.2. The largest absolute Gasteiger partial charge is 0.361 e. The molecule has 0 saturated heterocycles. The van der Waals surface area contributed by atoms with Gasteiger partial charge in [0.25, 0.3) is 0 Å². The maximum Gasteiger partial charge on any atom is 0.226 e. The summed E-state index contributed by atoms with van der Waals surface area (Å²) in [5, 5.41) is 7.19. The van der Waals surface area contributed by atoms with E-state index in [1.165, 1.54) is 0 Å². The molecular formula is C20H29N3O2. The number of carbonyl (C=O) groups excluding carboxylic acids is 1. The number of aryl methyl sites for hydroxylation is 1. The summed E-state index contributed by atoms with van der Waals surface area (Å²) in [6.07, 6.45) is 4.00. The number of aromatic nitrogens is 1. The highest BCUT2D eigenvalue weighted by Gasteiger charge is 2.16. The van der Waals surface area contributed by atoms with Gasteiger partial charge in [-0.25, -0.2) is 0 Å². The molecule has 0 fully saturated rings. The Bertz CT molecular complexity index is 639. The van der Waals surface area contributed by atoms with Crippen LogP contribution in [0.4, 0.5) is 0 Å². The van der Waals surface area contributed by atoms with Crippen molar-refractivity contribution >= 4 is 5.91 Å². The second-order valence-corrected chi connectivity index (χ2v) is 6.57. The van der Waals surface area contributed by atoms with Gasteiger partial charge in [-0.3, -0.25) is 4.79 Å². The average Bonchev–Trinajstić information content (AvgIpc) is 3.10. The van der Waals surface area contributed by atoms with Crippen LogP contribution in [-0.4, -0.2) is 43.1 Å². The molecule has 1 amide bonds. The van der Waals surface area contributed by atoms with Crippen LogP contribution in [0.5, 0.6) is 0 Å². The lowest BCUT2D eigenvalue weighted by atomic mass is 10.1. The maximum absolute atomic E-state index is 12.1. The van der Waals surface area contributed by atoms with Gasteiger partial charge in [0.05, 0.1) is 0 Å². The molecule has 136 valence electrons. The van der Waals surface area contributed by atoms with E-state index >= 15 is 0 Å². The fourth-order valence-electron chi connectivity index (χ4n) is 2.88. The molecule has 2 aromatic rings. The summed E-state index contributed by atoms with van der Waals surface area (Å²) in [4.78, 5) is 14.0. The van der Waals surface area contributed by atoms with E-state index in [9.17, 15) is 4.79 Å². The summed E-state index contributed by atoms with van der Waals surface area (Å²) in [7, 11) is 3.76. The van der Waals surface area contributed by atoms with Crippen LogP contribution in [0.1, 0.15) is 31.9 Å². The van der Waals surface area contributed by atoms with Gasteiger partial charge in [0.2, 0.25) is 5.91 Å². The third-order valence-electron chi connectivity index (χ3n) is 4.35. The highest BCUT2D eigenvalue weighted by atomic mass is 16.5. The Morgan fingerprint density at radius 1 is 1.24 bits per heavy atom. The summed E-state index contributed by atoms with van der Waals surface area (Å²) in [6, 6.07) is 12.1. The molecule has 2 rings (SSSR count). The molecule has 0 saturated carbocycles. The van der Waals surface area contributed by atoms with Crippen molar-refractivity contribution in [2.75, 3.05) is 27.2 Å². The van der Waals surface area contributed by atoms with Crippen LogP contribution in [0.25, 0.3) is 11.3 Å². The summed E-state index contributed by atoms with van der Waals surface area (Å²) in [5.74, 6) is 1.16. The fraction of sp³-hybridized carbons (Fsp3) is 0.500. The van der Waals surface area contributed by atoms with E-state index in [0.717, 1.165) is 55.8 Å². The van der Waals surface area contributed by atoms with Gasteiger partial charge < -0.3 is 14.7 Å². The molecule has 1 aromatic heterocycles. The standard InChI is InChI=1S/C20H29N3O2/c1-16(15-21-2)20(24)23(3)13-9-5-8-12-18-14-19(22-25-18)17-10-6-4-7-11-17/h4,6-7,10-11,14,16,21H,5,8-9,12-13,15H2,1-3H3. The van der Waals surface area contributed by atoms with Crippen LogP contribution in [0.3, 0.4) is 0 Å². The summed E-state index contributed by atoms with van der Waals surface area (Å²) in [6.45, 7) is 3.49. The molecular weight excluding hydrogens is 314 g/mol. The molecule has 1 heterocycles. The number of hydrogen-bond donors (Lipinski definition) is 1. The van der Waals surface area contributed by atoms with E-state index in [4.69, 9.17) is 4.52 Å². The lowest BCUT2D eigenvalue weighted by molar-refractivity contribution is -0.133. The number of nitrogens with zero attached hydrogens (tertiary/aromatic N) is 2. The summed E-state index contributed by atoms with van der Waals surface area (Å²) < 4.78 is 5.42. The Balaban J connectivity index is 1.67. The second kappa shape index (κ2) is 9.99. The quantitative estimate of drug-likeness (QED) is 0.672. The van der Waals surface area contributed by atoms with Gasteiger partial charge in [0, 0.05) is 44.1 Å². The molecule has 0 spiro atoms. The lowest BCUT2D eigenvalue weighted by Crippen LogP contribution is -2.36. The zero-order chi connectivity index (χ0) is 18.1. The molecule has 0 aliphatic heterocycles. The van der Waals surface area contributed by atoms with Crippen molar-refractivity contribution in [1.29, 1.82) is 0 Å². The number of benzene rings is 1. The molecule has 0 bridgehead atoms. The Morgan fingerprint density at radius 3 is 2.72 bits per heavy atom. The predicted molar refractivity (Wildman–Crippen MR) is 100 cm³/mol. The topological polar surface area (TPSA) is 58.4 Å².